The van der Waals surface area contributed by atoms with Crippen molar-refractivity contribution in [2.45, 2.75) is 19.6 Å². The zero-order valence-electron chi connectivity index (χ0n) is 9.20. The summed E-state index contributed by atoms with van der Waals surface area (Å²) in [5.41, 5.74) is 4.49. The molecule has 1 aromatic rings. The van der Waals surface area contributed by atoms with E-state index >= 15 is 0 Å². The van der Waals surface area contributed by atoms with Crippen LogP contribution in [0.25, 0.3) is 4.47 Å². The second-order valence-electron chi connectivity index (χ2n) is 4.81. The molecule has 1 nitrogen and oxygen atoms in total. The van der Waals surface area contributed by atoms with Crippen LogP contribution in [0.15, 0.2) is 30.0 Å². The molecule has 0 radical (unpaired) electrons. The van der Waals surface area contributed by atoms with Gasteiger partial charge in [-0.1, -0.05) is 0 Å². The predicted molar refractivity (Wildman–Crippen MR) is 67.8 cm³/mol. The molecule has 0 unspecified atom stereocenters. The van der Waals surface area contributed by atoms with E-state index in [0.717, 1.165) is 5.56 Å². The third-order valence-corrected chi connectivity index (χ3v) is 5.82. The van der Waals surface area contributed by atoms with E-state index in [2.05, 4.69) is 31.4 Å². The first-order chi connectivity index (χ1) is 6.97. The molecule has 2 rings (SSSR count). The SMILES string of the molecule is C[Si](C)(C)/C=C1\[Se]C(=O)c2ccccc21. The molecule has 0 spiro atoms. The summed E-state index contributed by atoms with van der Waals surface area (Å²) in [6, 6.07) is 7.99. The quantitative estimate of drug-likeness (QED) is 0.723. The fourth-order valence-corrected chi connectivity index (χ4v) is 6.81. The maximum absolute atomic E-state index is 11.8. The van der Waals surface area contributed by atoms with E-state index in [1.54, 1.807) is 0 Å². The number of fused-ring (bicyclic) bond motifs is 1. The zero-order chi connectivity index (χ0) is 11.1. The van der Waals surface area contributed by atoms with Gasteiger partial charge in [-0.25, -0.2) is 0 Å². The molecule has 78 valence electrons. The number of carbonyl (C=O) groups is 1. The summed E-state index contributed by atoms with van der Waals surface area (Å²) in [5.74, 6) is 0. The molecule has 0 saturated heterocycles. The van der Waals surface area contributed by atoms with Gasteiger partial charge in [0.25, 0.3) is 0 Å². The van der Waals surface area contributed by atoms with Gasteiger partial charge in [0, 0.05) is 0 Å². The van der Waals surface area contributed by atoms with Crippen molar-refractivity contribution in [1.29, 1.82) is 0 Å². The Bertz CT molecular complexity index is 443. The molecule has 3 heteroatoms. The molecule has 1 aliphatic heterocycles. The van der Waals surface area contributed by atoms with Crippen LogP contribution in [0.5, 0.6) is 0 Å². The van der Waals surface area contributed by atoms with Crippen molar-refractivity contribution < 1.29 is 4.79 Å². The number of carbonyl (C=O) groups excluding carboxylic acids is 1. The van der Waals surface area contributed by atoms with Gasteiger partial charge in [0.1, 0.15) is 0 Å². The van der Waals surface area contributed by atoms with Gasteiger partial charge in [-0.15, -0.1) is 0 Å². The van der Waals surface area contributed by atoms with E-state index in [9.17, 15) is 4.79 Å². The van der Waals surface area contributed by atoms with Crippen molar-refractivity contribution in [2.24, 2.45) is 0 Å². The van der Waals surface area contributed by atoms with Gasteiger partial charge in [0.15, 0.2) is 0 Å². The van der Waals surface area contributed by atoms with Crippen LogP contribution in [0.2, 0.25) is 19.6 Å². The van der Waals surface area contributed by atoms with Crippen molar-refractivity contribution in [2.75, 3.05) is 0 Å². The second kappa shape index (κ2) is 3.74. The summed E-state index contributed by atoms with van der Waals surface area (Å²) in [5, 5.41) is 0. The summed E-state index contributed by atoms with van der Waals surface area (Å²) < 4.78 is 1.64. The molecular weight excluding hydrogens is 267 g/mol. The zero-order valence-corrected chi connectivity index (χ0v) is 11.9. The maximum atomic E-state index is 11.8. The van der Waals surface area contributed by atoms with E-state index in [-0.39, 0.29) is 15.0 Å². The molecule has 15 heavy (non-hydrogen) atoms. The Morgan fingerprint density at radius 1 is 1.13 bits per heavy atom. The number of benzene rings is 1. The Hall–Kier alpha value is -0.634. The van der Waals surface area contributed by atoms with Gasteiger partial charge in [-0.3, -0.25) is 0 Å². The fourth-order valence-electron chi connectivity index (χ4n) is 1.59. The fraction of sp³-hybridized carbons (Fsp3) is 0.250. The van der Waals surface area contributed by atoms with Crippen molar-refractivity contribution in [3.05, 3.63) is 41.1 Å². The van der Waals surface area contributed by atoms with Gasteiger partial charge in [-0.05, 0) is 0 Å². The molecule has 0 fully saturated rings. The molecule has 0 saturated carbocycles. The van der Waals surface area contributed by atoms with Crippen molar-refractivity contribution in [1.82, 2.24) is 0 Å². The van der Waals surface area contributed by atoms with E-state index < -0.39 is 8.07 Å². The first kappa shape index (κ1) is 10.9. The molecule has 0 aromatic heterocycles. The molecule has 1 aliphatic rings. The van der Waals surface area contributed by atoms with Crippen LogP contribution in [0.1, 0.15) is 15.9 Å². The Kier molecular flexibility index (Phi) is 2.71. The van der Waals surface area contributed by atoms with E-state index in [1.165, 1.54) is 10.0 Å². The summed E-state index contributed by atoms with van der Waals surface area (Å²) in [4.78, 5) is 11.8. The van der Waals surface area contributed by atoms with E-state index in [1.807, 2.05) is 18.2 Å². The third-order valence-electron chi connectivity index (χ3n) is 2.18. The van der Waals surface area contributed by atoms with Crippen LogP contribution in [-0.2, 0) is 0 Å². The Labute approximate surface area is 97.7 Å². The Balaban J connectivity index is 2.50. The monoisotopic (exact) mass is 282 g/mol. The summed E-state index contributed by atoms with van der Waals surface area (Å²) >= 11 is 0.0178. The van der Waals surface area contributed by atoms with Gasteiger partial charge in [-0.2, -0.15) is 0 Å². The molecule has 0 aliphatic carbocycles. The van der Waals surface area contributed by atoms with Crippen LogP contribution in [0, 0.1) is 0 Å². The summed E-state index contributed by atoms with van der Waals surface area (Å²) in [6.07, 6.45) is 0. The number of hydrogen-bond acceptors (Lipinski definition) is 1. The third kappa shape index (κ3) is 2.31. The predicted octanol–water partition coefficient (Wildman–Crippen LogP) is 2.76. The van der Waals surface area contributed by atoms with Crippen LogP contribution in [-0.4, -0.2) is 27.7 Å². The normalized spacial score (nSPS) is 18.3. The van der Waals surface area contributed by atoms with E-state index in [0.29, 0.717) is 4.68 Å². The van der Waals surface area contributed by atoms with Crippen LogP contribution in [0.3, 0.4) is 0 Å². The number of rotatable bonds is 1. The molecule has 1 aromatic carbocycles. The standard InChI is InChI=1S/C12H14OSeSi/c1-15(2,3)8-11-9-6-4-5-7-10(9)12(13)14-11/h4-8H,1-3H3/b11-8-. The first-order valence-electron chi connectivity index (χ1n) is 5.02. The van der Waals surface area contributed by atoms with Gasteiger partial charge < -0.3 is 0 Å². The molecule has 0 amide bonds. The van der Waals surface area contributed by atoms with E-state index in [4.69, 9.17) is 0 Å². The van der Waals surface area contributed by atoms with Crippen molar-refractivity contribution in [3.63, 3.8) is 0 Å². The Morgan fingerprint density at radius 3 is 2.33 bits per heavy atom. The minimum absolute atomic E-state index is 0.0178. The molecule has 0 N–H and O–H groups in total. The molecule has 0 atom stereocenters. The Morgan fingerprint density at radius 2 is 1.73 bits per heavy atom. The van der Waals surface area contributed by atoms with Crippen molar-refractivity contribution in [3.8, 4) is 0 Å². The average Bonchev–Trinajstić information content (AvgIpc) is 2.42. The molecule has 1 heterocycles. The summed E-state index contributed by atoms with van der Waals surface area (Å²) in [7, 11) is -1.22. The van der Waals surface area contributed by atoms with Crippen LogP contribution < -0.4 is 0 Å². The number of hydrogen-bond donors (Lipinski definition) is 0. The van der Waals surface area contributed by atoms with Crippen molar-refractivity contribution >= 4 is 32.2 Å². The topological polar surface area (TPSA) is 17.1 Å². The minimum atomic E-state index is -1.22. The first-order valence-corrected chi connectivity index (χ1v) is 10.3. The second-order valence-corrected chi connectivity index (χ2v) is 12.0. The average molecular weight is 281 g/mol. The molecule has 0 bridgehead atoms. The van der Waals surface area contributed by atoms with Gasteiger partial charge in [0.05, 0.1) is 0 Å². The summed E-state index contributed by atoms with van der Waals surface area (Å²) in [6.45, 7) is 6.92. The van der Waals surface area contributed by atoms with Gasteiger partial charge >= 0.3 is 97.7 Å². The molecular formula is C12H14OSeSi. The van der Waals surface area contributed by atoms with Crippen LogP contribution in [0.4, 0.5) is 0 Å². The van der Waals surface area contributed by atoms with Gasteiger partial charge in [0.2, 0.25) is 0 Å². The van der Waals surface area contributed by atoms with Crippen LogP contribution >= 0.6 is 0 Å².